The SMILES string of the molecule is N[C@@H](Cc1ccccc1)C(=O)Nc1ccc(C(O)CO)cn1. The number of amides is 1. The number of pyridine rings is 1. The van der Waals surface area contributed by atoms with E-state index in [1.165, 1.54) is 6.20 Å². The first-order valence-electron chi connectivity index (χ1n) is 6.95. The van der Waals surface area contributed by atoms with Gasteiger partial charge in [-0.1, -0.05) is 36.4 Å². The highest BCUT2D eigenvalue weighted by Gasteiger charge is 2.15. The standard InChI is InChI=1S/C16H19N3O3/c17-13(8-11-4-2-1-3-5-11)16(22)19-15-7-6-12(9-18-15)14(21)10-20/h1-7,9,13-14,20-21H,8,10,17H2,(H,18,19,22)/t13-,14?/m0/s1. The number of nitrogens with two attached hydrogens (primary N) is 1. The third kappa shape index (κ3) is 4.36. The summed E-state index contributed by atoms with van der Waals surface area (Å²) in [6, 6.07) is 12.0. The Balaban J connectivity index is 1.93. The molecular weight excluding hydrogens is 282 g/mol. The van der Waals surface area contributed by atoms with E-state index in [1.807, 2.05) is 30.3 Å². The Morgan fingerprint density at radius 1 is 1.23 bits per heavy atom. The number of aliphatic hydroxyl groups excluding tert-OH is 2. The summed E-state index contributed by atoms with van der Waals surface area (Å²) in [5.41, 5.74) is 7.35. The fourth-order valence-corrected chi connectivity index (χ4v) is 1.96. The van der Waals surface area contributed by atoms with Crippen LogP contribution in [0.3, 0.4) is 0 Å². The van der Waals surface area contributed by atoms with E-state index in [0.717, 1.165) is 5.56 Å². The summed E-state index contributed by atoms with van der Waals surface area (Å²) in [4.78, 5) is 16.0. The van der Waals surface area contributed by atoms with Gasteiger partial charge in [0.2, 0.25) is 5.91 Å². The van der Waals surface area contributed by atoms with E-state index in [9.17, 15) is 9.90 Å². The van der Waals surface area contributed by atoms with Crippen LogP contribution in [0.25, 0.3) is 0 Å². The van der Waals surface area contributed by atoms with E-state index in [0.29, 0.717) is 17.8 Å². The molecule has 0 aliphatic rings. The molecule has 22 heavy (non-hydrogen) atoms. The molecule has 1 aromatic carbocycles. The third-order valence-electron chi connectivity index (χ3n) is 3.23. The Bertz CT molecular complexity index is 602. The number of benzene rings is 1. The first-order chi connectivity index (χ1) is 10.6. The molecule has 0 bridgehead atoms. The zero-order valence-corrected chi connectivity index (χ0v) is 12.0. The van der Waals surface area contributed by atoms with E-state index in [4.69, 9.17) is 10.8 Å². The second-order valence-electron chi connectivity index (χ2n) is 4.96. The highest BCUT2D eigenvalue weighted by molar-refractivity contribution is 5.94. The lowest BCUT2D eigenvalue weighted by Gasteiger charge is -2.12. The number of aromatic nitrogens is 1. The molecule has 0 aliphatic carbocycles. The minimum absolute atomic E-state index is 0.327. The average Bonchev–Trinajstić information content (AvgIpc) is 2.55. The van der Waals surface area contributed by atoms with Crippen molar-refractivity contribution in [1.82, 2.24) is 4.98 Å². The predicted molar refractivity (Wildman–Crippen MR) is 83.0 cm³/mol. The van der Waals surface area contributed by atoms with E-state index < -0.39 is 12.1 Å². The molecule has 0 aliphatic heterocycles. The Morgan fingerprint density at radius 3 is 2.55 bits per heavy atom. The van der Waals surface area contributed by atoms with Crippen LogP contribution in [-0.4, -0.2) is 33.8 Å². The molecular formula is C16H19N3O3. The van der Waals surface area contributed by atoms with Crippen LogP contribution in [0.2, 0.25) is 0 Å². The van der Waals surface area contributed by atoms with Gasteiger partial charge >= 0.3 is 0 Å². The van der Waals surface area contributed by atoms with Gasteiger partial charge in [0.15, 0.2) is 0 Å². The van der Waals surface area contributed by atoms with Gasteiger partial charge in [0.1, 0.15) is 11.9 Å². The first-order valence-corrected chi connectivity index (χ1v) is 6.95. The number of nitrogens with zero attached hydrogens (tertiary/aromatic N) is 1. The van der Waals surface area contributed by atoms with Gasteiger partial charge in [0.05, 0.1) is 12.6 Å². The van der Waals surface area contributed by atoms with Crippen LogP contribution in [-0.2, 0) is 11.2 Å². The van der Waals surface area contributed by atoms with Gasteiger partial charge in [0.25, 0.3) is 0 Å². The van der Waals surface area contributed by atoms with Gasteiger partial charge in [-0.05, 0) is 18.1 Å². The molecule has 0 saturated heterocycles. The van der Waals surface area contributed by atoms with Crippen molar-refractivity contribution in [3.63, 3.8) is 0 Å². The Labute approximate surface area is 128 Å². The summed E-state index contributed by atoms with van der Waals surface area (Å²) in [5, 5.41) is 20.9. The van der Waals surface area contributed by atoms with Crippen molar-refractivity contribution in [2.24, 2.45) is 5.73 Å². The molecule has 0 saturated carbocycles. The summed E-state index contributed by atoms with van der Waals surface area (Å²) in [5.74, 6) is 0.0224. The van der Waals surface area contributed by atoms with E-state index in [2.05, 4.69) is 10.3 Å². The number of anilines is 1. The van der Waals surface area contributed by atoms with Crippen molar-refractivity contribution >= 4 is 11.7 Å². The van der Waals surface area contributed by atoms with Crippen LogP contribution in [0.15, 0.2) is 48.7 Å². The molecule has 1 unspecified atom stereocenters. The molecule has 2 rings (SSSR count). The van der Waals surface area contributed by atoms with E-state index in [1.54, 1.807) is 12.1 Å². The van der Waals surface area contributed by atoms with Gasteiger partial charge in [-0.2, -0.15) is 0 Å². The monoisotopic (exact) mass is 301 g/mol. The molecule has 1 amide bonds. The number of nitrogens with one attached hydrogen (secondary N) is 1. The lowest BCUT2D eigenvalue weighted by atomic mass is 10.1. The van der Waals surface area contributed by atoms with E-state index in [-0.39, 0.29) is 12.5 Å². The van der Waals surface area contributed by atoms with Gasteiger partial charge in [-0.15, -0.1) is 0 Å². The van der Waals surface area contributed by atoms with E-state index >= 15 is 0 Å². The molecule has 6 nitrogen and oxygen atoms in total. The molecule has 1 aromatic heterocycles. The average molecular weight is 301 g/mol. The Hall–Kier alpha value is -2.28. The minimum Gasteiger partial charge on any atom is -0.393 e. The van der Waals surface area contributed by atoms with Crippen LogP contribution in [0.1, 0.15) is 17.2 Å². The lowest BCUT2D eigenvalue weighted by Crippen LogP contribution is -2.37. The maximum absolute atomic E-state index is 12.0. The first kappa shape index (κ1) is 16.1. The molecule has 0 radical (unpaired) electrons. The number of hydrogen-bond acceptors (Lipinski definition) is 5. The zero-order chi connectivity index (χ0) is 15.9. The molecule has 2 aromatic rings. The van der Waals surface area contributed by atoms with Crippen LogP contribution in [0, 0.1) is 0 Å². The van der Waals surface area contributed by atoms with Crippen molar-refractivity contribution in [2.45, 2.75) is 18.6 Å². The molecule has 2 atom stereocenters. The quantitative estimate of drug-likeness (QED) is 0.625. The highest BCUT2D eigenvalue weighted by atomic mass is 16.3. The summed E-state index contributed by atoms with van der Waals surface area (Å²) in [6.45, 7) is -0.380. The summed E-state index contributed by atoms with van der Waals surface area (Å²) in [6.07, 6.45) is 0.866. The summed E-state index contributed by atoms with van der Waals surface area (Å²) < 4.78 is 0. The maximum atomic E-state index is 12.0. The largest absolute Gasteiger partial charge is 0.393 e. The van der Waals surface area contributed by atoms with Crippen LogP contribution in [0.5, 0.6) is 0 Å². The van der Waals surface area contributed by atoms with Gasteiger partial charge in [-0.3, -0.25) is 4.79 Å². The number of rotatable bonds is 6. The Morgan fingerprint density at radius 2 is 1.95 bits per heavy atom. The van der Waals surface area contributed by atoms with Crippen LogP contribution >= 0.6 is 0 Å². The number of carbonyl (C=O) groups excluding carboxylic acids is 1. The highest BCUT2D eigenvalue weighted by Crippen LogP contribution is 2.13. The van der Waals surface area contributed by atoms with Gasteiger partial charge in [0, 0.05) is 11.8 Å². The van der Waals surface area contributed by atoms with Crippen molar-refractivity contribution < 1.29 is 15.0 Å². The Kier molecular flexibility index (Phi) is 5.60. The van der Waals surface area contributed by atoms with Crippen molar-refractivity contribution in [1.29, 1.82) is 0 Å². The van der Waals surface area contributed by atoms with Crippen LogP contribution in [0.4, 0.5) is 5.82 Å². The summed E-state index contributed by atoms with van der Waals surface area (Å²) >= 11 is 0. The zero-order valence-electron chi connectivity index (χ0n) is 12.0. The fraction of sp³-hybridized carbons (Fsp3) is 0.250. The van der Waals surface area contributed by atoms with Crippen molar-refractivity contribution in [2.75, 3.05) is 11.9 Å². The smallest absolute Gasteiger partial charge is 0.242 e. The topological polar surface area (TPSA) is 108 Å². The number of aliphatic hydroxyl groups is 2. The summed E-state index contributed by atoms with van der Waals surface area (Å²) in [7, 11) is 0. The number of carbonyl (C=O) groups is 1. The van der Waals surface area contributed by atoms with Crippen molar-refractivity contribution in [3.05, 3.63) is 59.8 Å². The molecule has 0 spiro atoms. The second kappa shape index (κ2) is 7.65. The fourth-order valence-electron chi connectivity index (χ4n) is 1.96. The molecule has 5 N–H and O–H groups in total. The predicted octanol–water partition coefficient (Wildman–Crippen LogP) is 0.616. The van der Waals surface area contributed by atoms with Gasteiger partial charge in [-0.25, -0.2) is 4.98 Å². The normalized spacial score (nSPS) is 13.4. The molecule has 1 heterocycles. The van der Waals surface area contributed by atoms with Crippen LogP contribution < -0.4 is 11.1 Å². The third-order valence-corrected chi connectivity index (χ3v) is 3.23. The van der Waals surface area contributed by atoms with Crippen molar-refractivity contribution in [3.8, 4) is 0 Å². The maximum Gasteiger partial charge on any atom is 0.242 e. The molecule has 0 fully saturated rings. The number of hydrogen-bond donors (Lipinski definition) is 4. The lowest BCUT2D eigenvalue weighted by molar-refractivity contribution is -0.117. The molecule has 6 heteroatoms. The minimum atomic E-state index is -0.974. The second-order valence-corrected chi connectivity index (χ2v) is 4.96. The molecule has 116 valence electrons. The van der Waals surface area contributed by atoms with Gasteiger partial charge < -0.3 is 21.3 Å².